The van der Waals surface area contributed by atoms with Crippen LogP contribution in [0.3, 0.4) is 0 Å². The molecule has 1 rings (SSSR count). The van der Waals surface area contributed by atoms with Crippen LogP contribution in [0.2, 0.25) is 0 Å². The lowest BCUT2D eigenvalue weighted by molar-refractivity contribution is 0.251. The van der Waals surface area contributed by atoms with E-state index in [-0.39, 0.29) is 17.5 Å². The van der Waals surface area contributed by atoms with Gasteiger partial charge in [0.05, 0.1) is 0 Å². The summed E-state index contributed by atoms with van der Waals surface area (Å²) in [5, 5.41) is 5.17. The highest BCUT2D eigenvalue weighted by Crippen LogP contribution is 1.95. The number of nitrogens with one attached hydrogen (secondary N) is 3. The average Bonchev–Trinajstić information content (AvgIpc) is 2.22. The van der Waals surface area contributed by atoms with Crippen molar-refractivity contribution in [2.45, 2.75) is 13.3 Å². The number of rotatable bonds is 5. The number of hydrogen-bond donors (Lipinski definition) is 3. The number of H-pyrrole nitrogens is 1. The van der Waals surface area contributed by atoms with E-state index in [1.807, 2.05) is 19.0 Å². The molecule has 1 heterocycles. The van der Waals surface area contributed by atoms with Crippen LogP contribution in [0.1, 0.15) is 12.1 Å². The van der Waals surface area contributed by atoms with Crippen molar-refractivity contribution < 1.29 is 4.79 Å². The largest absolute Gasteiger partial charge is 0.338 e. The number of urea groups is 1. The lowest BCUT2D eigenvalue weighted by Crippen LogP contribution is -2.32. The van der Waals surface area contributed by atoms with Crippen LogP contribution in [-0.4, -0.2) is 48.1 Å². The zero-order valence-corrected chi connectivity index (χ0v) is 10.9. The molecule has 18 heavy (non-hydrogen) atoms. The third-order valence-electron chi connectivity index (χ3n) is 2.18. The molecule has 7 heteroatoms. The first kappa shape index (κ1) is 14.2. The molecule has 0 aliphatic heterocycles. The summed E-state index contributed by atoms with van der Waals surface area (Å²) in [6.07, 6.45) is 0.859. The third-order valence-corrected chi connectivity index (χ3v) is 2.18. The number of carbonyl (C=O) groups is 1. The van der Waals surface area contributed by atoms with Crippen molar-refractivity contribution in [3.05, 3.63) is 22.1 Å². The number of anilines is 1. The van der Waals surface area contributed by atoms with E-state index >= 15 is 0 Å². The number of aromatic amines is 1. The second-order valence-electron chi connectivity index (χ2n) is 4.29. The van der Waals surface area contributed by atoms with E-state index in [4.69, 9.17) is 0 Å². The van der Waals surface area contributed by atoms with E-state index in [0.29, 0.717) is 12.2 Å². The summed E-state index contributed by atoms with van der Waals surface area (Å²) < 4.78 is 0. The molecule has 0 radical (unpaired) electrons. The predicted molar refractivity (Wildman–Crippen MR) is 69.8 cm³/mol. The van der Waals surface area contributed by atoms with Crippen LogP contribution in [0.4, 0.5) is 10.7 Å². The van der Waals surface area contributed by atoms with Gasteiger partial charge in [-0.05, 0) is 34.0 Å². The molecule has 0 spiro atoms. The van der Waals surface area contributed by atoms with Crippen LogP contribution in [0.5, 0.6) is 0 Å². The van der Waals surface area contributed by atoms with Crippen molar-refractivity contribution >= 4 is 12.0 Å². The minimum Gasteiger partial charge on any atom is -0.338 e. The SMILES string of the molecule is Cc1cc(=O)nc(NC(=O)NCCCN(C)C)[nH]1. The molecule has 0 bridgehead atoms. The minimum absolute atomic E-state index is 0.158. The fourth-order valence-electron chi connectivity index (χ4n) is 1.39. The van der Waals surface area contributed by atoms with Crippen LogP contribution < -0.4 is 16.2 Å². The summed E-state index contributed by atoms with van der Waals surface area (Å²) in [4.78, 5) is 31.1. The van der Waals surface area contributed by atoms with Gasteiger partial charge in [-0.25, -0.2) is 4.79 Å². The van der Waals surface area contributed by atoms with Crippen molar-refractivity contribution in [2.24, 2.45) is 0 Å². The second kappa shape index (κ2) is 6.75. The van der Waals surface area contributed by atoms with E-state index < -0.39 is 0 Å². The van der Waals surface area contributed by atoms with Crippen LogP contribution >= 0.6 is 0 Å². The molecule has 1 aromatic rings. The zero-order valence-electron chi connectivity index (χ0n) is 10.9. The van der Waals surface area contributed by atoms with Gasteiger partial charge in [0.25, 0.3) is 5.56 Å². The van der Waals surface area contributed by atoms with Gasteiger partial charge in [-0.1, -0.05) is 0 Å². The first-order valence-electron chi connectivity index (χ1n) is 5.75. The maximum absolute atomic E-state index is 11.5. The molecular weight excluding hydrogens is 234 g/mol. The summed E-state index contributed by atoms with van der Waals surface area (Å²) >= 11 is 0. The Morgan fingerprint density at radius 1 is 1.50 bits per heavy atom. The maximum atomic E-state index is 11.5. The van der Waals surface area contributed by atoms with E-state index in [0.717, 1.165) is 13.0 Å². The van der Waals surface area contributed by atoms with Gasteiger partial charge in [-0.2, -0.15) is 4.98 Å². The molecule has 0 saturated carbocycles. The van der Waals surface area contributed by atoms with E-state index in [9.17, 15) is 9.59 Å². The summed E-state index contributed by atoms with van der Waals surface area (Å²) in [5.41, 5.74) is 0.270. The third kappa shape index (κ3) is 5.44. The van der Waals surface area contributed by atoms with Gasteiger partial charge in [-0.15, -0.1) is 0 Å². The topological polar surface area (TPSA) is 90.1 Å². The molecular formula is C11H19N5O2. The molecule has 0 aliphatic rings. The molecule has 0 unspecified atom stereocenters. The number of carbonyl (C=O) groups excluding carboxylic acids is 1. The zero-order chi connectivity index (χ0) is 13.5. The number of aromatic nitrogens is 2. The van der Waals surface area contributed by atoms with Crippen LogP contribution in [0.15, 0.2) is 10.9 Å². The molecule has 0 fully saturated rings. The summed E-state index contributed by atoms with van der Waals surface area (Å²) in [6.45, 7) is 3.20. The highest BCUT2D eigenvalue weighted by atomic mass is 16.2. The highest BCUT2D eigenvalue weighted by molar-refractivity contribution is 5.87. The molecule has 0 aliphatic carbocycles. The Labute approximate surface area is 106 Å². The van der Waals surface area contributed by atoms with Crippen LogP contribution in [-0.2, 0) is 0 Å². The Hall–Kier alpha value is -1.89. The molecule has 1 aromatic heterocycles. The second-order valence-corrected chi connectivity index (χ2v) is 4.29. The molecule has 0 aromatic carbocycles. The quantitative estimate of drug-likeness (QED) is 0.652. The van der Waals surface area contributed by atoms with Gasteiger partial charge in [0.2, 0.25) is 5.95 Å². The standard InChI is InChI=1S/C11H19N5O2/c1-8-7-9(17)14-10(13-8)15-11(18)12-5-4-6-16(2)3/h7H,4-6H2,1-3H3,(H3,12,13,14,15,17,18). The molecule has 100 valence electrons. The van der Waals surface area contributed by atoms with Gasteiger partial charge in [0.15, 0.2) is 0 Å². The fourth-order valence-corrected chi connectivity index (χ4v) is 1.39. The van der Waals surface area contributed by atoms with Crippen molar-refractivity contribution in [3.63, 3.8) is 0 Å². The molecule has 7 nitrogen and oxygen atoms in total. The Bertz CT molecular complexity index is 455. The lowest BCUT2D eigenvalue weighted by atomic mass is 10.4. The molecule has 2 amide bonds. The lowest BCUT2D eigenvalue weighted by Gasteiger charge is -2.10. The van der Waals surface area contributed by atoms with E-state index in [1.165, 1.54) is 6.07 Å². The van der Waals surface area contributed by atoms with E-state index in [2.05, 4.69) is 20.6 Å². The van der Waals surface area contributed by atoms with Crippen LogP contribution in [0, 0.1) is 6.92 Å². The predicted octanol–water partition coefficient (Wildman–Crippen LogP) is 0.152. The van der Waals surface area contributed by atoms with E-state index in [1.54, 1.807) is 6.92 Å². The number of amides is 2. The molecule has 0 atom stereocenters. The molecule has 3 N–H and O–H groups in total. The monoisotopic (exact) mass is 253 g/mol. The van der Waals surface area contributed by atoms with Gasteiger partial charge in [0.1, 0.15) is 0 Å². The number of nitrogens with zero attached hydrogens (tertiary/aromatic N) is 2. The normalized spacial score (nSPS) is 10.4. The Balaban J connectivity index is 2.38. The van der Waals surface area contributed by atoms with Crippen LogP contribution in [0.25, 0.3) is 0 Å². The fraction of sp³-hybridized carbons (Fsp3) is 0.545. The van der Waals surface area contributed by atoms with Gasteiger partial charge >= 0.3 is 6.03 Å². The molecule has 0 saturated heterocycles. The summed E-state index contributed by atoms with van der Waals surface area (Å²) in [5.74, 6) is 0.158. The Kier molecular flexibility index (Phi) is 5.31. The van der Waals surface area contributed by atoms with Crippen molar-refractivity contribution in [2.75, 3.05) is 32.5 Å². The van der Waals surface area contributed by atoms with Gasteiger partial charge < -0.3 is 15.2 Å². The average molecular weight is 253 g/mol. The maximum Gasteiger partial charge on any atom is 0.321 e. The first-order chi connectivity index (χ1) is 8.47. The van der Waals surface area contributed by atoms with Crippen molar-refractivity contribution in [3.8, 4) is 0 Å². The van der Waals surface area contributed by atoms with Crippen molar-refractivity contribution in [1.29, 1.82) is 0 Å². The highest BCUT2D eigenvalue weighted by Gasteiger charge is 2.03. The summed E-state index contributed by atoms with van der Waals surface area (Å²) in [7, 11) is 3.95. The Morgan fingerprint density at radius 3 is 2.83 bits per heavy atom. The first-order valence-corrected chi connectivity index (χ1v) is 5.75. The smallest absolute Gasteiger partial charge is 0.321 e. The Morgan fingerprint density at radius 2 is 2.22 bits per heavy atom. The number of aryl methyl sites for hydroxylation is 1. The summed E-state index contributed by atoms with van der Waals surface area (Å²) in [6, 6.07) is 0.989. The van der Waals surface area contributed by atoms with Crippen molar-refractivity contribution in [1.82, 2.24) is 20.2 Å². The van der Waals surface area contributed by atoms with Gasteiger partial charge in [-0.3, -0.25) is 10.1 Å². The number of hydrogen-bond acceptors (Lipinski definition) is 4. The minimum atomic E-state index is -0.380. The van der Waals surface area contributed by atoms with Gasteiger partial charge in [0, 0.05) is 18.3 Å².